The molecule has 1 saturated heterocycles. The SMILES string of the molecule is CCc1nn(C2CCS(=O)(=O)C2)c(CC)c1C(C)Cl. The van der Waals surface area contributed by atoms with Gasteiger partial charge in [-0.25, -0.2) is 8.42 Å². The average Bonchev–Trinajstić information content (AvgIpc) is 2.88. The number of sulfone groups is 1. The van der Waals surface area contributed by atoms with E-state index in [1.807, 2.05) is 11.6 Å². The number of halogens is 1. The smallest absolute Gasteiger partial charge is 0.152 e. The summed E-state index contributed by atoms with van der Waals surface area (Å²) >= 11 is 6.28. The van der Waals surface area contributed by atoms with Gasteiger partial charge in [0.1, 0.15) is 0 Å². The van der Waals surface area contributed by atoms with Crippen molar-refractivity contribution in [1.29, 1.82) is 0 Å². The molecular weight excluding hydrogens is 284 g/mol. The lowest BCUT2D eigenvalue weighted by molar-refractivity contribution is 0.478. The molecule has 6 heteroatoms. The molecule has 1 aliphatic heterocycles. The van der Waals surface area contributed by atoms with Crippen molar-refractivity contribution in [1.82, 2.24) is 9.78 Å². The summed E-state index contributed by atoms with van der Waals surface area (Å²) in [5.41, 5.74) is 3.20. The fourth-order valence-electron chi connectivity index (χ4n) is 2.88. The van der Waals surface area contributed by atoms with Gasteiger partial charge in [0, 0.05) is 11.3 Å². The van der Waals surface area contributed by atoms with E-state index < -0.39 is 9.84 Å². The van der Waals surface area contributed by atoms with Gasteiger partial charge in [0.05, 0.1) is 28.6 Å². The second-order valence-corrected chi connectivity index (χ2v) is 8.01. The van der Waals surface area contributed by atoms with Gasteiger partial charge in [0.2, 0.25) is 0 Å². The van der Waals surface area contributed by atoms with Gasteiger partial charge >= 0.3 is 0 Å². The first-order valence-corrected chi connectivity index (χ1v) is 9.10. The Hall–Kier alpha value is -0.550. The molecule has 0 aromatic carbocycles. The molecule has 2 unspecified atom stereocenters. The maximum absolute atomic E-state index is 11.6. The normalized spacial score (nSPS) is 23.7. The summed E-state index contributed by atoms with van der Waals surface area (Å²) in [6, 6.07) is -0.0191. The highest BCUT2D eigenvalue weighted by Crippen LogP contribution is 2.32. The number of nitrogens with zero attached hydrogens (tertiary/aromatic N) is 2. The van der Waals surface area contributed by atoms with Crippen LogP contribution in [0.4, 0.5) is 0 Å². The van der Waals surface area contributed by atoms with Gasteiger partial charge < -0.3 is 0 Å². The van der Waals surface area contributed by atoms with E-state index in [-0.39, 0.29) is 22.9 Å². The first-order chi connectivity index (χ1) is 8.89. The zero-order valence-electron chi connectivity index (χ0n) is 11.7. The maximum Gasteiger partial charge on any atom is 0.152 e. The number of alkyl halides is 1. The number of hydrogen-bond acceptors (Lipinski definition) is 3. The van der Waals surface area contributed by atoms with E-state index in [1.54, 1.807) is 0 Å². The quantitative estimate of drug-likeness (QED) is 0.804. The van der Waals surface area contributed by atoms with Crippen LogP contribution in [0.25, 0.3) is 0 Å². The summed E-state index contributed by atoms with van der Waals surface area (Å²) in [6.45, 7) is 6.08. The van der Waals surface area contributed by atoms with Crippen LogP contribution in [0, 0.1) is 0 Å². The van der Waals surface area contributed by atoms with Crippen molar-refractivity contribution in [2.24, 2.45) is 0 Å². The summed E-state index contributed by atoms with van der Waals surface area (Å²) in [5.74, 6) is 0.481. The molecule has 108 valence electrons. The van der Waals surface area contributed by atoms with Crippen LogP contribution in [0.5, 0.6) is 0 Å². The molecule has 0 radical (unpaired) electrons. The molecule has 0 saturated carbocycles. The third kappa shape index (κ3) is 2.82. The molecule has 4 nitrogen and oxygen atoms in total. The second kappa shape index (κ2) is 5.44. The van der Waals surface area contributed by atoms with Gasteiger partial charge in [0.25, 0.3) is 0 Å². The van der Waals surface area contributed by atoms with Gasteiger partial charge in [-0.2, -0.15) is 5.10 Å². The molecule has 2 heterocycles. The molecule has 0 aliphatic carbocycles. The highest BCUT2D eigenvalue weighted by Gasteiger charge is 2.32. The first kappa shape index (κ1) is 14.9. The van der Waals surface area contributed by atoms with Gasteiger partial charge in [-0.15, -0.1) is 11.6 Å². The van der Waals surface area contributed by atoms with E-state index in [0.29, 0.717) is 6.42 Å². The fraction of sp³-hybridized carbons (Fsp3) is 0.769. The van der Waals surface area contributed by atoms with Crippen molar-refractivity contribution in [3.05, 3.63) is 17.0 Å². The summed E-state index contributed by atoms with van der Waals surface area (Å²) in [6.07, 6.45) is 2.32. The zero-order chi connectivity index (χ0) is 14.2. The fourth-order valence-corrected chi connectivity index (χ4v) is 4.82. The van der Waals surface area contributed by atoms with E-state index in [0.717, 1.165) is 29.8 Å². The first-order valence-electron chi connectivity index (χ1n) is 6.84. The molecule has 1 aromatic heterocycles. The van der Waals surface area contributed by atoms with Crippen molar-refractivity contribution in [3.63, 3.8) is 0 Å². The van der Waals surface area contributed by atoms with Gasteiger partial charge in [-0.1, -0.05) is 13.8 Å². The standard InChI is InChI=1S/C13H21ClN2O2S/c1-4-11-13(9(3)14)12(5-2)16(15-11)10-6-7-19(17,18)8-10/h9-10H,4-8H2,1-3H3. The number of aryl methyl sites for hydroxylation is 1. The Morgan fingerprint density at radius 3 is 2.53 bits per heavy atom. The molecule has 1 fully saturated rings. The van der Waals surface area contributed by atoms with E-state index in [9.17, 15) is 8.42 Å². The molecule has 2 rings (SSSR count). The Balaban J connectivity index is 2.46. The third-order valence-corrected chi connectivity index (χ3v) is 5.72. The monoisotopic (exact) mass is 304 g/mol. The van der Waals surface area contributed by atoms with Crippen LogP contribution < -0.4 is 0 Å². The molecule has 19 heavy (non-hydrogen) atoms. The molecule has 0 spiro atoms. The van der Waals surface area contributed by atoms with E-state index in [2.05, 4.69) is 18.9 Å². The average molecular weight is 305 g/mol. The Morgan fingerprint density at radius 2 is 2.11 bits per heavy atom. The molecule has 1 aromatic rings. The number of aromatic nitrogens is 2. The van der Waals surface area contributed by atoms with E-state index in [4.69, 9.17) is 11.6 Å². The summed E-state index contributed by atoms with van der Waals surface area (Å²) in [7, 11) is -2.89. The third-order valence-electron chi connectivity index (χ3n) is 3.75. The van der Waals surface area contributed by atoms with Crippen LogP contribution in [0.2, 0.25) is 0 Å². The Kier molecular flexibility index (Phi) is 4.26. The highest BCUT2D eigenvalue weighted by atomic mass is 35.5. The van der Waals surface area contributed by atoms with Crippen molar-refractivity contribution in [2.75, 3.05) is 11.5 Å². The van der Waals surface area contributed by atoms with Crippen molar-refractivity contribution >= 4 is 21.4 Å². The van der Waals surface area contributed by atoms with E-state index >= 15 is 0 Å². The van der Waals surface area contributed by atoms with Crippen molar-refractivity contribution in [2.45, 2.75) is 51.5 Å². The Labute approximate surface area is 120 Å². The van der Waals surface area contributed by atoms with Crippen LogP contribution in [0.15, 0.2) is 0 Å². The minimum absolute atomic E-state index is 0.0191. The minimum atomic E-state index is -2.89. The van der Waals surface area contributed by atoms with Crippen LogP contribution in [-0.2, 0) is 22.7 Å². The molecular formula is C13H21ClN2O2S. The van der Waals surface area contributed by atoms with Crippen LogP contribution >= 0.6 is 11.6 Å². The molecule has 0 amide bonds. The van der Waals surface area contributed by atoms with Crippen LogP contribution in [-0.4, -0.2) is 29.7 Å². The molecule has 0 bridgehead atoms. The largest absolute Gasteiger partial charge is 0.265 e. The topological polar surface area (TPSA) is 52.0 Å². The summed E-state index contributed by atoms with van der Waals surface area (Å²) < 4.78 is 25.2. The lowest BCUT2D eigenvalue weighted by Crippen LogP contribution is -2.15. The lowest BCUT2D eigenvalue weighted by Gasteiger charge is -2.13. The van der Waals surface area contributed by atoms with Crippen LogP contribution in [0.1, 0.15) is 55.6 Å². The number of hydrogen-bond donors (Lipinski definition) is 0. The van der Waals surface area contributed by atoms with Crippen molar-refractivity contribution < 1.29 is 8.42 Å². The molecule has 0 N–H and O–H groups in total. The maximum atomic E-state index is 11.6. The van der Waals surface area contributed by atoms with Crippen LogP contribution in [0.3, 0.4) is 0 Å². The number of rotatable bonds is 4. The molecule has 1 aliphatic rings. The van der Waals surface area contributed by atoms with Gasteiger partial charge in [-0.3, -0.25) is 4.68 Å². The predicted molar refractivity (Wildman–Crippen MR) is 77.6 cm³/mol. The van der Waals surface area contributed by atoms with Crippen molar-refractivity contribution in [3.8, 4) is 0 Å². The Morgan fingerprint density at radius 1 is 1.42 bits per heavy atom. The highest BCUT2D eigenvalue weighted by molar-refractivity contribution is 7.91. The zero-order valence-corrected chi connectivity index (χ0v) is 13.3. The second-order valence-electron chi connectivity index (χ2n) is 5.13. The molecule has 2 atom stereocenters. The van der Waals surface area contributed by atoms with Gasteiger partial charge in [-0.05, 0) is 26.2 Å². The lowest BCUT2D eigenvalue weighted by atomic mass is 10.1. The minimum Gasteiger partial charge on any atom is -0.265 e. The van der Waals surface area contributed by atoms with E-state index in [1.165, 1.54) is 0 Å². The Bertz CT molecular complexity index is 563. The summed E-state index contributed by atoms with van der Waals surface area (Å²) in [4.78, 5) is 0. The summed E-state index contributed by atoms with van der Waals surface area (Å²) in [5, 5.41) is 4.55. The van der Waals surface area contributed by atoms with Gasteiger partial charge in [0.15, 0.2) is 9.84 Å². The predicted octanol–water partition coefficient (Wildman–Crippen LogP) is 2.67.